The van der Waals surface area contributed by atoms with Gasteiger partial charge < -0.3 is 9.84 Å². The van der Waals surface area contributed by atoms with E-state index in [1.807, 2.05) is 13.8 Å². The highest BCUT2D eigenvalue weighted by Gasteiger charge is 2.29. The number of aromatic nitrogens is 2. The van der Waals surface area contributed by atoms with Crippen molar-refractivity contribution in [1.82, 2.24) is 20.4 Å². The predicted molar refractivity (Wildman–Crippen MR) is 75.2 cm³/mol. The van der Waals surface area contributed by atoms with E-state index in [1.54, 1.807) is 7.05 Å². The van der Waals surface area contributed by atoms with Crippen molar-refractivity contribution < 1.29 is 9.32 Å². The molecule has 0 radical (unpaired) electrons. The Kier molecular flexibility index (Phi) is 4.75. The standard InChI is InChI=1S/C14H24N4O2/c1-9(2)12-16-14(20-17-12)10(3)18-7-5-11(6-8-18)13(19)15-4/h9-11H,5-8H2,1-4H3,(H,15,19)/t10-/m0/s1. The molecule has 0 spiro atoms. The Bertz CT molecular complexity index is 450. The summed E-state index contributed by atoms with van der Waals surface area (Å²) in [4.78, 5) is 18.4. The second-order valence-electron chi connectivity index (χ2n) is 5.75. The molecule has 1 fully saturated rings. The van der Waals surface area contributed by atoms with E-state index in [2.05, 4.69) is 27.3 Å². The summed E-state index contributed by atoms with van der Waals surface area (Å²) in [6, 6.07) is 0.112. The van der Waals surface area contributed by atoms with Crippen LogP contribution in [-0.4, -0.2) is 41.1 Å². The quantitative estimate of drug-likeness (QED) is 0.909. The van der Waals surface area contributed by atoms with Crippen molar-refractivity contribution in [2.75, 3.05) is 20.1 Å². The number of piperidine rings is 1. The molecule has 20 heavy (non-hydrogen) atoms. The fourth-order valence-electron chi connectivity index (χ4n) is 2.56. The molecular formula is C14H24N4O2. The maximum atomic E-state index is 11.6. The molecule has 0 saturated carbocycles. The van der Waals surface area contributed by atoms with Gasteiger partial charge in [-0.05, 0) is 32.9 Å². The van der Waals surface area contributed by atoms with E-state index < -0.39 is 0 Å². The van der Waals surface area contributed by atoms with Crippen molar-refractivity contribution in [2.24, 2.45) is 5.92 Å². The van der Waals surface area contributed by atoms with Crippen molar-refractivity contribution in [1.29, 1.82) is 0 Å². The number of nitrogens with zero attached hydrogens (tertiary/aromatic N) is 3. The highest BCUT2D eigenvalue weighted by Crippen LogP contribution is 2.26. The van der Waals surface area contributed by atoms with Gasteiger partial charge in [-0.1, -0.05) is 19.0 Å². The number of carbonyl (C=O) groups is 1. The Morgan fingerprint density at radius 3 is 2.50 bits per heavy atom. The second-order valence-corrected chi connectivity index (χ2v) is 5.75. The molecule has 6 heteroatoms. The van der Waals surface area contributed by atoms with Gasteiger partial charge in [-0.25, -0.2) is 0 Å². The van der Waals surface area contributed by atoms with E-state index in [0.29, 0.717) is 5.89 Å². The van der Waals surface area contributed by atoms with Crippen molar-refractivity contribution in [3.8, 4) is 0 Å². The Morgan fingerprint density at radius 2 is 2.00 bits per heavy atom. The lowest BCUT2D eigenvalue weighted by atomic mass is 9.95. The van der Waals surface area contributed by atoms with Crippen molar-refractivity contribution in [3.63, 3.8) is 0 Å². The number of amides is 1. The van der Waals surface area contributed by atoms with Crippen LogP contribution < -0.4 is 5.32 Å². The van der Waals surface area contributed by atoms with E-state index in [4.69, 9.17) is 4.52 Å². The molecule has 2 heterocycles. The summed E-state index contributed by atoms with van der Waals surface area (Å²) in [6.45, 7) is 7.96. The first-order chi connectivity index (χ1) is 9.52. The summed E-state index contributed by atoms with van der Waals surface area (Å²) in [6.07, 6.45) is 1.77. The summed E-state index contributed by atoms with van der Waals surface area (Å²) in [5.41, 5.74) is 0. The Balaban J connectivity index is 1.94. The molecule has 1 aliphatic heterocycles. The number of hydrogen-bond acceptors (Lipinski definition) is 5. The molecule has 112 valence electrons. The molecule has 1 N–H and O–H groups in total. The third-order valence-electron chi connectivity index (χ3n) is 4.03. The number of rotatable bonds is 4. The summed E-state index contributed by atoms with van der Waals surface area (Å²) >= 11 is 0. The van der Waals surface area contributed by atoms with Gasteiger partial charge in [-0.3, -0.25) is 9.69 Å². The smallest absolute Gasteiger partial charge is 0.243 e. The number of nitrogens with one attached hydrogen (secondary N) is 1. The normalized spacial score (nSPS) is 19.2. The molecule has 0 aromatic carbocycles. The fourth-order valence-corrected chi connectivity index (χ4v) is 2.56. The summed E-state index contributed by atoms with van der Waals surface area (Å²) in [7, 11) is 1.70. The van der Waals surface area contributed by atoms with Gasteiger partial charge in [0.15, 0.2) is 5.82 Å². The van der Waals surface area contributed by atoms with Gasteiger partial charge in [0.05, 0.1) is 6.04 Å². The minimum absolute atomic E-state index is 0.112. The molecular weight excluding hydrogens is 256 g/mol. The largest absolute Gasteiger partial charge is 0.359 e. The van der Waals surface area contributed by atoms with Crippen LogP contribution in [0.1, 0.15) is 57.3 Å². The monoisotopic (exact) mass is 280 g/mol. The average molecular weight is 280 g/mol. The molecule has 1 aliphatic rings. The molecule has 1 aromatic heterocycles. The van der Waals surface area contributed by atoms with Gasteiger partial charge >= 0.3 is 0 Å². The van der Waals surface area contributed by atoms with Gasteiger partial charge in [0.1, 0.15) is 0 Å². The number of carbonyl (C=O) groups excluding carboxylic acids is 1. The summed E-state index contributed by atoms with van der Waals surface area (Å²) in [5.74, 6) is 1.99. The van der Waals surface area contributed by atoms with E-state index in [1.165, 1.54) is 0 Å². The Hall–Kier alpha value is -1.43. The zero-order chi connectivity index (χ0) is 14.7. The van der Waals surface area contributed by atoms with E-state index in [9.17, 15) is 4.79 Å². The van der Waals surface area contributed by atoms with Crippen LogP contribution in [-0.2, 0) is 4.79 Å². The molecule has 1 saturated heterocycles. The first-order valence-corrected chi connectivity index (χ1v) is 7.32. The van der Waals surface area contributed by atoms with Gasteiger partial charge in [0.2, 0.25) is 11.8 Å². The van der Waals surface area contributed by atoms with Crippen molar-refractivity contribution >= 4 is 5.91 Å². The molecule has 2 rings (SSSR count). The van der Waals surface area contributed by atoms with Crippen LogP contribution in [0.15, 0.2) is 4.52 Å². The van der Waals surface area contributed by atoms with E-state index in [0.717, 1.165) is 31.8 Å². The molecule has 0 bridgehead atoms. The van der Waals surface area contributed by atoms with Gasteiger partial charge in [-0.2, -0.15) is 4.98 Å². The van der Waals surface area contributed by atoms with Crippen LogP contribution in [0.4, 0.5) is 0 Å². The summed E-state index contributed by atoms with van der Waals surface area (Å²) < 4.78 is 5.35. The zero-order valence-electron chi connectivity index (χ0n) is 12.7. The maximum Gasteiger partial charge on any atom is 0.243 e. The van der Waals surface area contributed by atoms with Gasteiger partial charge in [-0.15, -0.1) is 0 Å². The van der Waals surface area contributed by atoms with Gasteiger partial charge in [0, 0.05) is 18.9 Å². The second kappa shape index (κ2) is 6.35. The molecule has 0 unspecified atom stereocenters. The average Bonchev–Trinajstić information content (AvgIpc) is 2.96. The highest BCUT2D eigenvalue weighted by atomic mass is 16.5. The first kappa shape index (κ1) is 15.0. The molecule has 0 aliphatic carbocycles. The third kappa shape index (κ3) is 3.17. The molecule has 6 nitrogen and oxygen atoms in total. The minimum Gasteiger partial charge on any atom is -0.359 e. The maximum absolute atomic E-state index is 11.6. The van der Waals surface area contributed by atoms with Crippen molar-refractivity contribution in [3.05, 3.63) is 11.7 Å². The number of hydrogen-bond donors (Lipinski definition) is 1. The molecule has 1 atom stereocenters. The van der Waals surface area contributed by atoms with Crippen LogP contribution in [0.5, 0.6) is 0 Å². The van der Waals surface area contributed by atoms with Crippen LogP contribution in [0.25, 0.3) is 0 Å². The lowest BCUT2D eigenvalue weighted by Gasteiger charge is -2.33. The van der Waals surface area contributed by atoms with Crippen LogP contribution in [0, 0.1) is 5.92 Å². The SMILES string of the molecule is CNC(=O)C1CCN([C@@H](C)c2nc(C(C)C)no2)CC1. The van der Waals surface area contributed by atoms with Gasteiger partial charge in [0.25, 0.3) is 0 Å². The Labute approximate surface area is 119 Å². The molecule has 1 amide bonds. The van der Waals surface area contributed by atoms with Crippen LogP contribution in [0.2, 0.25) is 0 Å². The van der Waals surface area contributed by atoms with Crippen LogP contribution in [0.3, 0.4) is 0 Å². The summed E-state index contributed by atoms with van der Waals surface area (Å²) in [5, 5.41) is 6.74. The van der Waals surface area contributed by atoms with E-state index in [-0.39, 0.29) is 23.8 Å². The lowest BCUT2D eigenvalue weighted by Crippen LogP contribution is -2.40. The zero-order valence-corrected chi connectivity index (χ0v) is 12.7. The van der Waals surface area contributed by atoms with E-state index >= 15 is 0 Å². The minimum atomic E-state index is 0.112. The number of likely N-dealkylation sites (tertiary alicyclic amines) is 1. The topological polar surface area (TPSA) is 71.3 Å². The fraction of sp³-hybridized carbons (Fsp3) is 0.786. The third-order valence-corrected chi connectivity index (χ3v) is 4.03. The first-order valence-electron chi connectivity index (χ1n) is 7.32. The van der Waals surface area contributed by atoms with Crippen molar-refractivity contribution in [2.45, 2.75) is 45.6 Å². The molecule has 1 aromatic rings. The highest BCUT2D eigenvalue weighted by molar-refractivity contribution is 5.78. The predicted octanol–water partition coefficient (Wildman–Crippen LogP) is 1.71. The van der Waals surface area contributed by atoms with Crippen LogP contribution >= 0.6 is 0 Å². The Morgan fingerprint density at radius 1 is 1.35 bits per heavy atom. The lowest BCUT2D eigenvalue weighted by molar-refractivity contribution is -0.126.